The van der Waals surface area contributed by atoms with Crippen LogP contribution in [0.25, 0.3) is 0 Å². The summed E-state index contributed by atoms with van der Waals surface area (Å²) in [6.07, 6.45) is 1.14. The van der Waals surface area contributed by atoms with E-state index in [0.29, 0.717) is 12.0 Å². The number of hydrogen-bond donors (Lipinski definition) is 1. The van der Waals surface area contributed by atoms with Crippen molar-refractivity contribution in [2.45, 2.75) is 26.3 Å². The first kappa shape index (κ1) is 7.38. The van der Waals surface area contributed by atoms with Crippen molar-refractivity contribution in [3.05, 3.63) is 0 Å². The fraction of sp³-hybridized carbons (Fsp3) is 0.857. The van der Waals surface area contributed by atoms with Crippen molar-refractivity contribution in [3.63, 3.8) is 0 Å². The molecule has 0 bridgehead atoms. The highest BCUT2D eigenvalue weighted by Crippen LogP contribution is 2.03. The largest absolute Gasteiger partial charge is 0.370 e. The van der Waals surface area contributed by atoms with Crippen LogP contribution in [0.1, 0.15) is 20.3 Å². The molecule has 2 N–H and O–H groups in total. The molecule has 0 unspecified atom stereocenters. The molecule has 0 amide bonds. The average molecular weight is 141 g/mol. The molecule has 1 rings (SSSR count). The molecule has 1 aliphatic heterocycles. The third-order valence-electron chi connectivity index (χ3n) is 1.75. The second kappa shape index (κ2) is 2.90. The minimum absolute atomic E-state index is 0.490. The second-order valence-corrected chi connectivity index (χ2v) is 2.88. The molecule has 0 aromatic rings. The van der Waals surface area contributed by atoms with Gasteiger partial charge >= 0.3 is 0 Å². The van der Waals surface area contributed by atoms with Crippen LogP contribution in [-0.2, 0) is 0 Å². The molecule has 0 aromatic carbocycles. The first-order valence-electron chi connectivity index (χ1n) is 3.78. The predicted octanol–water partition coefficient (Wildman–Crippen LogP) is 0.415. The summed E-state index contributed by atoms with van der Waals surface area (Å²) in [4.78, 5) is 6.28. The van der Waals surface area contributed by atoms with Gasteiger partial charge in [-0.1, -0.05) is 0 Å². The molecule has 0 aliphatic carbocycles. The van der Waals surface area contributed by atoms with Gasteiger partial charge in [0.25, 0.3) is 0 Å². The molecule has 3 nitrogen and oxygen atoms in total. The Kier molecular flexibility index (Phi) is 2.14. The molecule has 0 fully saturated rings. The van der Waals surface area contributed by atoms with Gasteiger partial charge in [-0.05, 0) is 20.3 Å². The van der Waals surface area contributed by atoms with Gasteiger partial charge in [0.1, 0.15) is 0 Å². The van der Waals surface area contributed by atoms with Crippen LogP contribution in [0.4, 0.5) is 0 Å². The maximum absolute atomic E-state index is 5.66. The van der Waals surface area contributed by atoms with Crippen molar-refractivity contribution >= 4 is 5.96 Å². The topological polar surface area (TPSA) is 41.6 Å². The lowest BCUT2D eigenvalue weighted by atomic mass is 10.2. The summed E-state index contributed by atoms with van der Waals surface area (Å²) < 4.78 is 0. The SMILES string of the molecule is CC(C)N1CCCN=C1N. The van der Waals surface area contributed by atoms with Gasteiger partial charge in [0.2, 0.25) is 0 Å². The number of rotatable bonds is 1. The first-order chi connectivity index (χ1) is 4.72. The Hall–Kier alpha value is -0.730. The monoisotopic (exact) mass is 141 g/mol. The molecular formula is C7H15N3. The van der Waals surface area contributed by atoms with Crippen LogP contribution in [0.2, 0.25) is 0 Å². The highest BCUT2D eigenvalue weighted by atomic mass is 15.3. The van der Waals surface area contributed by atoms with E-state index in [0.717, 1.165) is 19.5 Å². The van der Waals surface area contributed by atoms with Crippen molar-refractivity contribution < 1.29 is 0 Å². The van der Waals surface area contributed by atoms with E-state index < -0.39 is 0 Å². The Morgan fingerprint density at radius 3 is 2.70 bits per heavy atom. The molecule has 0 spiro atoms. The van der Waals surface area contributed by atoms with E-state index in [-0.39, 0.29) is 0 Å². The molecule has 58 valence electrons. The van der Waals surface area contributed by atoms with Crippen molar-refractivity contribution in [1.29, 1.82) is 0 Å². The molecule has 0 aromatic heterocycles. The molecule has 10 heavy (non-hydrogen) atoms. The Balaban J connectivity index is 2.58. The van der Waals surface area contributed by atoms with E-state index in [2.05, 4.69) is 23.7 Å². The fourth-order valence-electron chi connectivity index (χ4n) is 1.16. The fourth-order valence-corrected chi connectivity index (χ4v) is 1.16. The van der Waals surface area contributed by atoms with Crippen LogP contribution in [-0.4, -0.2) is 30.0 Å². The van der Waals surface area contributed by atoms with Crippen LogP contribution < -0.4 is 5.73 Å². The van der Waals surface area contributed by atoms with Crippen LogP contribution >= 0.6 is 0 Å². The van der Waals surface area contributed by atoms with E-state index in [1.165, 1.54) is 0 Å². The van der Waals surface area contributed by atoms with Gasteiger partial charge in [-0.3, -0.25) is 4.99 Å². The van der Waals surface area contributed by atoms with Crippen molar-refractivity contribution in [2.75, 3.05) is 13.1 Å². The Morgan fingerprint density at radius 2 is 2.30 bits per heavy atom. The lowest BCUT2D eigenvalue weighted by molar-refractivity contribution is 0.328. The summed E-state index contributed by atoms with van der Waals surface area (Å²) >= 11 is 0. The third-order valence-corrected chi connectivity index (χ3v) is 1.75. The smallest absolute Gasteiger partial charge is 0.191 e. The van der Waals surface area contributed by atoms with Crippen molar-refractivity contribution in [1.82, 2.24) is 4.90 Å². The van der Waals surface area contributed by atoms with E-state index in [1.807, 2.05) is 0 Å². The Morgan fingerprint density at radius 1 is 1.60 bits per heavy atom. The molecule has 0 saturated carbocycles. The summed E-state index contributed by atoms with van der Waals surface area (Å²) in [5.74, 6) is 0.709. The molecule has 3 heteroatoms. The second-order valence-electron chi connectivity index (χ2n) is 2.88. The standard InChI is InChI=1S/C7H15N3/c1-6(2)10-5-3-4-9-7(10)8/h6H,3-5H2,1-2H3,(H2,8,9). The maximum atomic E-state index is 5.66. The summed E-state index contributed by atoms with van der Waals surface area (Å²) in [7, 11) is 0. The molecular weight excluding hydrogens is 126 g/mol. The minimum Gasteiger partial charge on any atom is -0.370 e. The molecule has 0 atom stereocenters. The van der Waals surface area contributed by atoms with E-state index >= 15 is 0 Å². The number of guanidine groups is 1. The van der Waals surface area contributed by atoms with Gasteiger partial charge in [0.15, 0.2) is 5.96 Å². The average Bonchev–Trinajstić information content (AvgIpc) is 1.88. The Bertz CT molecular complexity index is 140. The highest BCUT2D eigenvalue weighted by molar-refractivity contribution is 5.78. The van der Waals surface area contributed by atoms with Gasteiger partial charge in [0.05, 0.1) is 0 Å². The minimum atomic E-state index is 0.490. The van der Waals surface area contributed by atoms with Gasteiger partial charge < -0.3 is 10.6 Å². The van der Waals surface area contributed by atoms with Crippen LogP contribution in [0.3, 0.4) is 0 Å². The quantitative estimate of drug-likeness (QED) is 0.575. The maximum Gasteiger partial charge on any atom is 0.191 e. The Labute approximate surface area is 61.9 Å². The van der Waals surface area contributed by atoms with Gasteiger partial charge in [-0.2, -0.15) is 0 Å². The van der Waals surface area contributed by atoms with Gasteiger partial charge in [0, 0.05) is 19.1 Å². The zero-order valence-electron chi connectivity index (χ0n) is 6.67. The zero-order chi connectivity index (χ0) is 7.56. The van der Waals surface area contributed by atoms with Gasteiger partial charge in [-0.25, -0.2) is 0 Å². The van der Waals surface area contributed by atoms with E-state index in [4.69, 9.17) is 5.73 Å². The van der Waals surface area contributed by atoms with Crippen molar-refractivity contribution in [3.8, 4) is 0 Å². The lowest BCUT2D eigenvalue weighted by Crippen LogP contribution is -2.45. The predicted molar refractivity (Wildman–Crippen MR) is 42.9 cm³/mol. The molecule has 0 saturated heterocycles. The number of aliphatic imine (C=N–C) groups is 1. The van der Waals surface area contributed by atoms with Crippen LogP contribution in [0.15, 0.2) is 4.99 Å². The van der Waals surface area contributed by atoms with Crippen LogP contribution in [0, 0.1) is 0 Å². The van der Waals surface area contributed by atoms with Crippen molar-refractivity contribution in [2.24, 2.45) is 10.7 Å². The summed E-state index contributed by atoms with van der Waals surface area (Å²) in [5.41, 5.74) is 5.66. The molecule has 0 radical (unpaired) electrons. The zero-order valence-corrected chi connectivity index (χ0v) is 6.67. The third kappa shape index (κ3) is 1.40. The first-order valence-corrected chi connectivity index (χ1v) is 3.78. The van der Waals surface area contributed by atoms with E-state index in [1.54, 1.807) is 0 Å². The lowest BCUT2D eigenvalue weighted by Gasteiger charge is -2.30. The van der Waals surface area contributed by atoms with Gasteiger partial charge in [-0.15, -0.1) is 0 Å². The molecule has 1 heterocycles. The highest BCUT2D eigenvalue weighted by Gasteiger charge is 2.13. The number of hydrogen-bond acceptors (Lipinski definition) is 3. The summed E-state index contributed by atoms with van der Waals surface area (Å²) in [6, 6.07) is 0.490. The normalized spacial score (nSPS) is 19.5. The van der Waals surface area contributed by atoms with Crippen LogP contribution in [0.5, 0.6) is 0 Å². The number of nitrogens with zero attached hydrogens (tertiary/aromatic N) is 2. The number of nitrogens with two attached hydrogens (primary N) is 1. The summed E-state index contributed by atoms with van der Waals surface area (Å²) in [5, 5.41) is 0. The van der Waals surface area contributed by atoms with E-state index in [9.17, 15) is 0 Å². The molecule has 1 aliphatic rings. The summed E-state index contributed by atoms with van der Waals surface area (Å²) in [6.45, 7) is 6.23.